The highest BCUT2D eigenvalue weighted by Crippen LogP contribution is 2.13. The van der Waals surface area contributed by atoms with Crippen LogP contribution in [0.3, 0.4) is 0 Å². The van der Waals surface area contributed by atoms with E-state index in [1.165, 1.54) is 82.8 Å². The summed E-state index contributed by atoms with van der Waals surface area (Å²) in [5.74, 6) is -1.31. The Bertz CT molecular complexity index is 570. The molecular weight excluding hydrogens is 324 g/mol. The van der Waals surface area contributed by atoms with Crippen molar-refractivity contribution < 1.29 is 14.7 Å². The lowest BCUT2D eigenvalue weighted by Gasteiger charge is -2.04. The lowest BCUT2D eigenvalue weighted by Crippen LogP contribution is -2.02. The SMILES string of the molecule is CCCCCCCCCCCCc1ccc(C(=O)/C=C(\C)C(=O)O)cc1. The van der Waals surface area contributed by atoms with Gasteiger partial charge in [0.2, 0.25) is 0 Å². The van der Waals surface area contributed by atoms with Gasteiger partial charge in [0, 0.05) is 11.1 Å². The highest BCUT2D eigenvalue weighted by Gasteiger charge is 2.07. The Kier molecular flexibility index (Phi) is 11.3. The molecule has 0 radical (unpaired) electrons. The molecule has 0 aliphatic carbocycles. The molecule has 0 bridgehead atoms. The molecular formula is C23H34O3. The normalized spacial score (nSPS) is 11.5. The van der Waals surface area contributed by atoms with Gasteiger partial charge >= 0.3 is 5.97 Å². The van der Waals surface area contributed by atoms with Crippen molar-refractivity contribution in [3.05, 3.63) is 47.0 Å². The summed E-state index contributed by atoms with van der Waals surface area (Å²) in [6.45, 7) is 3.68. The second kappa shape index (κ2) is 13.3. The van der Waals surface area contributed by atoms with Crippen LogP contribution in [0, 0.1) is 0 Å². The van der Waals surface area contributed by atoms with Gasteiger partial charge in [-0.1, -0.05) is 89.0 Å². The Morgan fingerprint density at radius 3 is 1.85 bits per heavy atom. The van der Waals surface area contributed by atoms with Gasteiger partial charge in [-0.3, -0.25) is 4.79 Å². The van der Waals surface area contributed by atoms with Crippen LogP contribution in [0.5, 0.6) is 0 Å². The Balaban J connectivity index is 2.20. The first-order chi connectivity index (χ1) is 12.5. The molecule has 0 aromatic heterocycles. The number of unbranched alkanes of at least 4 members (excludes halogenated alkanes) is 9. The Morgan fingerprint density at radius 1 is 0.846 bits per heavy atom. The van der Waals surface area contributed by atoms with Crippen LogP contribution in [0.1, 0.15) is 94.0 Å². The monoisotopic (exact) mass is 358 g/mol. The van der Waals surface area contributed by atoms with Crippen LogP contribution < -0.4 is 0 Å². The number of hydrogen-bond donors (Lipinski definition) is 1. The first kappa shape index (κ1) is 22.1. The molecule has 1 N–H and O–H groups in total. The number of aryl methyl sites for hydroxylation is 1. The fourth-order valence-electron chi connectivity index (χ4n) is 2.99. The van der Waals surface area contributed by atoms with Crippen LogP contribution in [0.2, 0.25) is 0 Å². The van der Waals surface area contributed by atoms with Crippen molar-refractivity contribution in [2.75, 3.05) is 0 Å². The predicted octanol–water partition coefficient (Wildman–Crippen LogP) is 6.36. The third kappa shape index (κ3) is 9.55. The summed E-state index contributed by atoms with van der Waals surface area (Å²) in [6, 6.07) is 7.54. The number of aliphatic carboxylic acids is 1. The van der Waals surface area contributed by atoms with Crippen molar-refractivity contribution in [2.24, 2.45) is 0 Å². The summed E-state index contributed by atoms with van der Waals surface area (Å²) in [4.78, 5) is 22.7. The maximum Gasteiger partial charge on any atom is 0.331 e. The maximum absolute atomic E-state index is 12.0. The van der Waals surface area contributed by atoms with Gasteiger partial charge in [0.1, 0.15) is 0 Å². The van der Waals surface area contributed by atoms with Gasteiger partial charge in [-0.05, 0) is 31.4 Å². The van der Waals surface area contributed by atoms with E-state index in [-0.39, 0.29) is 11.4 Å². The smallest absolute Gasteiger partial charge is 0.331 e. The minimum atomic E-state index is -1.06. The minimum Gasteiger partial charge on any atom is -0.478 e. The molecule has 0 saturated heterocycles. The number of hydrogen-bond acceptors (Lipinski definition) is 2. The molecule has 1 aromatic carbocycles. The molecule has 26 heavy (non-hydrogen) atoms. The van der Waals surface area contributed by atoms with Crippen LogP contribution in [-0.4, -0.2) is 16.9 Å². The second-order valence-corrected chi connectivity index (χ2v) is 7.13. The number of carboxylic acid groups (broad SMARTS) is 1. The number of carboxylic acids is 1. The van der Waals surface area contributed by atoms with Crippen LogP contribution in [0.25, 0.3) is 0 Å². The number of benzene rings is 1. The van der Waals surface area contributed by atoms with Gasteiger partial charge in [0.25, 0.3) is 0 Å². The van der Waals surface area contributed by atoms with E-state index >= 15 is 0 Å². The van der Waals surface area contributed by atoms with Crippen LogP contribution in [0.15, 0.2) is 35.9 Å². The molecule has 1 rings (SSSR count). The molecule has 144 valence electrons. The van der Waals surface area contributed by atoms with E-state index in [4.69, 9.17) is 5.11 Å². The molecule has 0 heterocycles. The molecule has 0 saturated carbocycles. The highest BCUT2D eigenvalue weighted by molar-refractivity contribution is 6.08. The van der Waals surface area contributed by atoms with E-state index < -0.39 is 5.97 Å². The average molecular weight is 359 g/mol. The molecule has 0 aliphatic rings. The number of carbonyl (C=O) groups is 2. The molecule has 3 heteroatoms. The number of carbonyl (C=O) groups excluding carboxylic acids is 1. The fourth-order valence-corrected chi connectivity index (χ4v) is 2.99. The Hall–Kier alpha value is -1.90. The van der Waals surface area contributed by atoms with E-state index in [1.807, 2.05) is 12.1 Å². The molecule has 0 amide bonds. The topological polar surface area (TPSA) is 54.4 Å². The fraction of sp³-hybridized carbons (Fsp3) is 0.565. The molecule has 1 aromatic rings. The zero-order valence-corrected chi connectivity index (χ0v) is 16.4. The van der Waals surface area contributed by atoms with Crippen molar-refractivity contribution >= 4 is 11.8 Å². The highest BCUT2D eigenvalue weighted by atomic mass is 16.4. The van der Waals surface area contributed by atoms with Crippen LogP contribution in [0.4, 0.5) is 0 Å². The van der Waals surface area contributed by atoms with Gasteiger partial charge in [-0.2, -0.15) is 0 Å². The summed E-state index contributed by atoms with van der Waals surface area (Å²) in [7, 11) is 0. The van der Waals surface area contributed by atoms with E-state index in [9.17, 15) is 9.59 Å². The van der Waals surface area contributed by atoms with Crippen molar-refractivity contribution in [3.8, 4) is 0 Å². The lowest BCUT2D eigenvalue weighted by atomic mass is 10.0. The Morgan fingerprint density at radius 2 is 1.35 bits per heavy atom. The van der Waals surface area contributed by atoms with Crippen molar-refractivity contribution in [3.63, 3.8) is 0 Å². The first-order valence-electron chi connectivity index (χ1n) is 10.1. The molecule has 0 atom stereocenters. The quantitative estimate of drug-likeness (QED) is 0.239. The van der Waals surface area contributed by atoms with E-state index in [1.54, 1.807) is 12.1 Å². The third-order valence-corrected chi connectivity index (χ3v) is 4.74. The summed E-state index contributed by atoms with van der Waals surface area (Å²) in [5.41, 5.74) is 1.84. The molecule has 0 aliphatic heterocycles. The largest absolute Gasteiger partial charge is 0.478 e. The molecule has 0 fully saturated rings. The van der Waals surface area contributed by atoms with E-state index in [2.05, 4.69) is 6.92 Å². The average Bonchev–Trinajstić information content (AvgIpc) is 2.63. The van der Waals surface area contributed by atoms with Gasteiger partial charge < -0.3 is 5.11 Å². The molecule has 0 spiro atoms. The van der Waals surface area contributed by atoms with Crippen LogP contribution >= 0.6 is 0 Å². The molecule has 0 unspecified atom stereocenters. The van der Waals surface area contributed by atoms with Crippen molar-refractivity contribution in [1.82, 2.24) is 0 Å². The first-order valence-corrected chi connectivity index (χ1v) is 10.1. The van der Waals surface area contributed by atoms with Crippen molar-refractivity contribution in [2.45, 2.75) is 84.5 Å². The van der Waals surface area contributed by atoms with Gasteiger partial charge in [0.05, 0.1) is 0 Å². The number of allylic oxidation sites excluding steroid dienone is 1. The van der Waals surface area contributed by atoms with Gasteiger partial charge in [0.15, 0.2) is 5.78 Å². The van der Waals surface area contributed by atoms with E-state index in [0.717, 1.165) is 6.42 Å². The van der Waals surface area contributed by atoms with Gasteiger partial charge in [-0.15, -0.1) is 0 Å². The number of ketones is 1. The summed E-state index contributed by atoms with van der Waals surface area (Å²) in [5, 5.41) is 8.82. The molecule has 3 nitrogen and oxygen atoms in total. The summed E-state index contributed by atoms with van der Waals surface area (Å²) in [6.07, 6.45) is 15.5. The predicted molar refractivity (Wildman–Crippen MR) is 108 cm³/mol. The van der Waals surface area contributed by atoms with Gasteiger partial charge in [-0.25, -0.2) is 4.79 Å². The lowest BCUT2D eigenvalue weighted by molar-refractivity contribution is -0.132. The second-order valence-electron chi connectivity index (χ2n) is 7.13. The van der Waals surface area contributed by atoms with Crippen LogP contribution in [-0.2, 0) is 11.2 Å². The zero-order valence-electron chi connectivity index (χ0n) is 16.4. The minimum absolute atomic E-state index is 0.0597. The summed E-state index contributed by atoms with van der Waals surface area (Å²) < 4.78 is 0. The zero-order chi connectivity index (χ0) is 19.2. The van der Waals surface area contributed by atoms with E-state index in [0.29, 0.717) is 5.56 Å². The summed E-state index contributed by atoms with van der Waals surface area (Å²) >= 11 is 0. The van der Waals surface area contributed by atoms with Crippen molar-refractivity contribution in [1.29, 1.82) is 0 Å². The number of rotatable bonds is 14. The third-order valence-electron chi connectivity index (χ3n) is 4.74. The maximum atomic E-state index is 12.0. The standard InChI is InChI=1S/C23H34O3/c1-3-4-5-6-7-8-9-10-11-12-13-20-14-16-21(17-15-20)22(24)18-19(2)23(25)26/h14-18H,3-13H2,1-2H3,(H,25,26)/b19-18+. The Labute approximate surface area is 158 Å².